The molecule has 0 saturated heterocycles. The lowest BCUT2D eigenvalue weighted by Gasteiger charge is -2.04. The van der Waals surface area contributed by atoms with Gasteiger partial charge >= 0.3 is 0 Å². The van der Waals surface area contributed by atoms with E-state index in [-0.39, 0.29) is 5.75 Å². The molecule has 12 heavy (non-hydrogen) atoms. The largest absolute Gasteiger partial charge is 0.507 e. The quantitative estimate of drug-likeness (QED) is 0.689. The van der Waals surface area contributed by atoms with Crippen molar-refractivity contribution in [3.63, 3.8) is 0 Å². The van der Waals surface area contributed by atoms with Crippen LogP contribution in [0.1, 0.15) is 15.9 Å². The van der Waals surface area contributed by atoms with Crippen molar-refractivity contribution in [1.29, 1.82) is 0 Å². The molecule has 0 amide bonds. The maximum atomic E-state index is 10.5. The summed E-state index contributed by atoms with van der Waals surface area (Å²) in [5.74, 6) is -0.000417. The second-order valence-electron chi connectivity index (χ2n) is 2.40. The molecule has 0 saturated carbocycles. The van der Waals surface area contributed by atoms with Crippen molar-refractivity contribution in [2.24, 2.45) is 0 Å². The number of hydrogen-bond donors (Lipinski definition) is 1. The summed E-state index contributed by atoms with van der Waals surface area (Å²) in [7, 11) is 1.54. The average Bonchev–Trinajstić information content (AvgIpc) is 2.05. The molecule has 0 atom stereocenters. The molecule has 3 heteroatoms. The average molecular weight is 166 g/mol. The van der Waals surface area contributed by atoms with Crippen LogP contribution in [-0.2, 0) is 11.3 Å². The lowest BCUT2D eigenvalue weighted by Crippen LogP contribution is -1.94. The first-order chi connectivity index (χ1) is 5.79. The number of methoxy groups -OCH3 is 1. The van der Waals surface area contributed by atoms with Gasteiger partial charge in [0.05, 0.1) is 12.2 Å². The van der Waals surface area contributed by atoms with Gasteiger partial charge in [0.25, 0.3) is 0 Å². The molecule has 1 N–H and O–H groups in total. The minimum Gasteiger partial charge on any atom is -0.507 e. The molecule has 1 aromatic carbocycles. The van der Waals surface area contributed by atoms with Crippen molar-refractivity contribution in [3.05, 3.63) is 29.3 Å². The van der Waals surface area contributed by atoms with E-state index in [0.717, 1.165) is 0 Å². The fourth-order valence-corrected chi connectivity index (χ4v) is 1.02. The smallest absolute Gasteiger partial charge is 0.154 e. The summed E-state index contributed by atoms with van der Waals surface area (Å²) in [6.07, 6.45) is 0.629. The molecular weight excluding hydrogens is 156 g/mol. The van der Waals surface area contributed by atoms with Gasteiger partial charge in [0, 0.05) is 7.11 Å². The second-order valence-corrected chi connectivity index (χ2v) is 2.40. The molecule has 3 nitrogen and oxygen atoms in total. The van der Waals surface area contributed by atoms with Crippen LogP contribution < -0.4 is 0 Å². The molecule has 64 valence electrons. The highest BCUT2D eigenvalue weighted by atomic mass is 16.5. The van der Waals surface area contributed by atoms with Crippen LogP contribution in [0.25, 0.3) is 0 Å². The number of phenolic OH excluding ortho intramolecular Hbond substituents is 1. The summed E-state index contributed by atoms with van der Waals surface area (Å²) < 4.78 is 4.86. The maximum Gasteiger partial charge on any atom is 0.154 e. The van der Waals surface area contributed by atoms with Crippen molar-refractivity contribution in [3.8, 4) is 5.75 Å². The fraction of sp³-hybridized carbons (Fsp3) is 0.222. The Morgan fingerprint density at radius 3 is 2.92 bits per heavy atom. The van der Waals surface area contributed by atoms with Crippen molar-refractivity contribution in [1.82, 2.24) is 0 Å². The van der Waals surface area contributed by atoms with Gasteiger partial charge in [0.15, 0.2) is 6.29 Å². The number of aldehydes is 1. The number of phenols is 1. The van der Waals surface area contributed by atoms with Crippen molar-refractivity contribution in [2.45, 2.75) is 6.61 Å². The third-order valence-corrected chi connectivity index (χ3v) is 1.59. The molecule has 0 unspecified atom stereocenters. The Morgan fingerprint density at radius 1 is 1.58 bits per heavy atom. The Labute approximate surface area is 70.6 Å². The first kappa shape index (κ1) is 8.74. The van der Waals surface area contributed by atoms with Crippen LogP contribution in [0.4, 0.5) is 0 Å². The Kier molecular flexibility index (Phi) is 2.82. The van der Waals surface area contributed by atoms with Gasteiger partial charge in [-0.3, -0.25) is 4.79 Å². The fourth-order valence-electron chi connectivity index (χ4n) is 1.02. The summed E-state index contributed by atoms with van der Waals surface area (Å²) in [5.41, 5.74) is 1.01. The van der Waals surface area contributed by atoms with Crippen LogP contribution in [0.3, 0.4) is 0 Å². The number of carbonyl (C=O) groups is 1. The third kappa shape index (κ3) is 1.62. The van der Waals surface area contributed by atoms with Crippen LogP contribution in [0.2, 0.25) is 0 Å². The van der Waals surface area contributed by atoms with Gasteiger partial charge in [-0.05, 0) is 11.6 Å². The van der Waals surface area contributed by atoms with Crippen LogP contribution in [0, 0.1) is 0 Å². The van der Waals surface area contributed by atoms with Crippen molar-refractivity contribution >= 4 is 6.29 Å². The van der Waals surface area contributed by atoms with E-state index in [4.69, 9.17) is 4.74 Å². The van der Waals surface area contributed by atoms with Crippen molar-refractivity contribution < 1.29 is 14.6 Å². The molecule has 0 aromatic heterocycles. The third-order valence-electron chi connectivity index (χ3n) is 1.59. The van der Waals surface area contributed by atoms with Crippen molar-refractivity contribution in [2.75, 3.05) is 7.11 Å². The Balaban J connectivity index is 3.09. The lowest BCUT2D eigenvalue weighted by atomic mass is 10.1. The maximum absolute atomic E-state index is 10.5. The van der Waals surface area contributed by atoms with E-state index in [2.05, 4.69) is 0 Å². The molecule has 0 spiro atoms. The van der Waals surface area contributed by atoms with E-state index >= 15 is 0 Å². The number of hydrogen-bond acceptors (Lipinski definition) is 3. The highest BCUT2D eigenvalue weighted by Gasteiger charge is 2.04. The second kappa shape index (κ2) is 3.88. The van der Waals surface area contributed by atoms with E-state index < -0.39 is 0 Å². The lowest BCUT2D eigenvalue weighted by molar-refractivity contribution is 0.111. The van der Waals surface area contributed by atoms with Gasteiger partial charge in [0.2, 0.25) is 0 Å². The minimum absolute atomic E-state index is 0.000417. The van der Waals surface area contributed by atoms with E-state index in [1.165, 1.54) is 6.07 Å². The number of rotatable bonds is 3. The van der Waals surface area contributed by atoms with Gasteiger partial charge in [0.1, 0.15) is 5.75 Å². The van der Waals surface area contributed by atoms with Crippen LogP contribution in [0.5, 0.6) is 5.75 Å². The number of ether oxygens (including phenoxy) is 1. The number of aromatic hydroxyl groups is 1. The summed E-state index contributed by atoms with van der Waals surface area (Å²) in [6.45, 7) is 0.336. The summed E-state index contributed by atoms with van der Waals surface area (Å²) in [5, 5.41) is 9.23. The molecule has 0 aliphatic carbocycles. The van der Waals surface area contributed by atoms with E-state index in [1.54, 1.807) is 19.2 Å². The zero-order valence-electron chi connectivity index (χ0n) is 6.78. The van der Waals surface area contributed by atoms with Gasteiger partial charge < -0.3 is 9.84 Å². The van der Waals surface area contributed by atoms with Gasteiger partial charge in [-0.25, -0.2) is 0 Å². The van der Waals surface area contributed by atoms with Crippen LogP contribution >= 0.6 is 0 Å². The SMILES string of the molecule is COCc1cccc(O)c1C=O. The van der Waals surface area contributed by atoms with E-state index in [9.17, 15) is 9.90 Å². The van der Waals surface area contributed by atoms with E-state index in [1.807, 2.05) is 0 Å². The number of carbonyl (C=O) groups excluding carboxylic acids is 1. The Bertz CT molecular complexity index is 281. The minimum atomic E-state index is -0.000417. The Morgan fingerprint density at radius 2 is 2.33 bits per heavy atom. The summed E-state index contributed by atoms with van der Waals surface area (Å²) in [6, 6.07) is 4.90. The standard InChI is InChI=1S/C9H10O3/c1-12-6-7-3-2-4-9(11)8(7)5-10/h2-5,11H,6H2,1H3. The predicted molar refractivity (Wildman–Crippen MR) is 44.2 cm³/mol. The Hall–Kier alpha value is -1.35. The zero-order chi connectivity index (χ0) is 8.97. The first-order valence-corrected chi connectivity index (χ1v) is 3.54. The molecule has 0 aliphatic heterocycles. The topological polar surface area (TPSA) is 46.5 Å². The summed E-state index contributed by atoms with van der Waals surface area (Å²) in [4.78, 5) is 10.5. The summed E-state index contributed by atoms with van der Waals surface area (Å²) >= 11 is 0. The number of benzene rings is 1. The molecular formula is C9H10O3. The molecule has 1 aromatic rings. The molecule has 0 aliphatic rings. The highest BCUT2D eigenvalue weighted by Crippen LogP contribution is 2.18. The van der Waals surface area contributed by atoms with Crippen LogP contribution in [0.15, 0.2) is 18.2 Å². The molecule has 0 heterocycles. The molecule has 0 radical (unpaired) electrons. The van der Waals surface area contributed by atoms with Gasteiger partial charge in [-0.15, -0.1) is 0 Å². The molecule has 0 fully saturated rings. The molecule has 1 rings (SSSR count). The molecule has 0 bridgehead atoms. The van der Waals surface area contributed by atoms with Crippen LogP contribution in [-0.4, -0.2) is 18.5 Å². The zero-order valence-corrected chi connectivity index (χ0v) is 6.78. The normalized spacial score (nSPS) is 9.75. The first-order valence-electron chi connectivity index (χ1n) is 3.54. The monoisotopic (exact) mass is 166 g/mol. The highest BCUT2D eigenvalue weighted by molar-refractivity contribution is 5.81. The van der Waals surface area contributed by atoms with E-state index in [0.29, 0.717) is 24.0 Å². The van der Waals surface area contributed by atoms with Gasteiger partial charge in [-0.1, -0.05) is 12.1 Å². The predicted octanol–water partition coefficient (Wildman–Crippen LogP) is 1.35. The van der Waals surface area contributed by atoms with Gasteiger partial charge in [-0.2, -0.15) is 0 Å².